The Morgan fingerprint density at radius 2 is 2.14 bits per heavy atom. The SMILES string of the molecule is CCCNc1nnc(SCCOc2ccc(C#N)cc2)s1. The summed E-state index contributed by atoms with van der Waals surface area (Å²) in [6, 6.07) is 9.19. The van der Waals surface area contributed by atoms with Crippen molar-refractivity contribution in [1.82, 2.24) is 10.2 Å². The van der Waals surface area contributed by atoms with E-state index in [9.17, 15) is 0 Å². The van der Waals surface area contributed by atoms with Gasteiger partial charge in [0.25, 0.3) is 0 Å². The van der Waals surface area contributed by atoms with Crippen LogP contribution in [0.4, 0.5) is 5.13 Å². The Hall–Kier alpha value is -1.78. The molecule has 2 rings (SSSR count). The lowest BCUT2D eigenvalue weighted by Gasteiger charge is -2.04. The number of anilines is 1. The van der Waals surface area contributed by atoms with Gasteiger partial charge in [0, 0.05) is 12.3 Å². The summed E-state index contributed by atoms with van der Waals surface area (Å²) in [5, 5.41) is 21.0. The molecule has 0 amide bonds. The lowest BCUT2D eigenvalue weighted by atomic mass is 10.2. The van der Waals surface area contributed by atoms with Gasteiger partial charge in [-0.15, -0.1) is 10.2 Å². The highest BCUT2D eigenvalue weighted by atomic mass is 32.2. The summed E-state index contributed by atoms with van der Waals surface area (Å²) in [6.07, 6.45) is 1.07. The fourth-order valence-electron chi connectivity index (χ4n) is 1.49. The summed E-state index contributed by atoms with van der Waals surface area (Å²) >= 11 is 3.19. The number of ether oxygens (including phenoxy) is 1. The van der Waals surface area contributed by atoms with Crippen LogP contribution in [0.5, 0.6) is 5.75 Å². The third-order valence-corrected chi connectivity index (χ3v) is 4.47. The van der Waals surface area contributed by atoms with Crippen LogP contribution < -0.4 is 10.1 Å². The third kappa shape index (κ3) is 5.25. The average molecular weight is 320 g/mol. The van der Waals surface area contributed by atoms with Gasteiger partial charge < -0.3 is 10.1 Å². The van der Waals surface area contributed by atoms with E-state index in [-0.39, 0.29) is 0 Å². The summed E-state index contributed by atoms with van der Waals surface area (Å²) in [4.78, 5) is 0. The Kier molecular flexibility index (Phi) is 6.31. The fourth-order valence-corrected chi connectivity index (χ4v) is 3.15. The zero-order valence-corrected chi connectivity index (χ0v) is 13.3. The van der Waals surface area contributed by atoms with Crippen molar-refractivity contribution in [3.05, 3.63) is 29.8 Å². The van der Waals surface area contributed by atoms with Crippen LogP contribution in [0.1, 0.15) is 18.9 Å². The minimum absolute atomic E-state index is 0.591. The quantitative estimate of drug-likeness (QED) is 0.594. The summed E-state index contributed by atoms with van der Waals surface area (Å²) in [5.41, 5.74) is 0.637. The molecular formula is C14H16N4OS2. The number of aromatic nitrogens is 2. The molecule has 0 saturated heterocycles. The maximum absolute atomic E-state index is 8.71. The summed E-state index contributed by atoms with van der Waals surface area (Å²) in [5.74, 6) is 1.58. The van der Waals surface area contributed by atoms with Crippen LogP contribution in [-0.2, 0) is 0 Å². The van der Waals surface area contributed by atoms with Gasteiger partial charge in [-0.05, 0) is 30.7 Å². The van der Waals surface area contributed by atoms with Gasteiger partial charge in [0.15, 0.2) is 4.34 Å². The van der Waals surface area contributed by atoms with Crippen LogP contribution >= 0.6 is 23.1 Å². The van der Waals surface area contributed by atoms with Gasteiger partial charge in [-0.25, -0.2) is 0 Å². The Labute approximate surface area is 132 Å². The number of nitrogens with zero attached hydrogens (tertiary/aromatic N) is 3. The first-order valence-electron chi connectivity index (χ1n) is 6.65. The van der Waals surface area contributed by atoms with Crippen molar-refractivity contribution in [3.63, 3.8) is 0 Å². The molecule has 0 aliphatic rings. The number of rotatable bonds is 8. The highest BCUT2D eigenvalue weighted by Gasteiger charge is 2.04. The third-order valence-electron chi connectivity index (χ3n) is 2.49. The molecule has 21 heavy (non-hydrogen) atoms. The second-order valence-electron chi connectivity index (χ2n) is 4.13. The Bertz CT molecular complexity index is 592. The largest absolute Gasteiger partial charge is 0.493 e. The summed E-state index contributed by atoms with van der Waals surface area (Å²) in [7, 11) is 0. The lowest BCUT2D eigenvalue weighted by Crippen LogP contribution is -1.99. The molecule has 0 fully saturated rings. The zero-order chi connectivity index (χ0) is 14.9. The predicted molar refractivity (Wildman–Crippen MR) is 86.1 cm³/mol. The van der Waals surface area contributed by atoms with Gasteiger partial charge in [0.2, 0.25) is 5.13 Å². The molecule has 2 aromatic rings. The zero-order valence-electron chi connectivity index (χ0n) is 11.7. The van der Waals surface area contributed by atoms with E-state index in [0.29, 0.717) is 12.2 Å². The molecule has 1 aromatic carbocycles. The molecule has 1 aromatic heterocycles. The topological polar surface area (TPSA) is 70.8 Å². The molecule has 0 aliphatic heterocycles. The predicted octanol–water partition coefficient (Wildman–Crippen LogP) is 3.40. The van der Waals surface area contributed by atoms with Crippen molar-refractivity contribution in [2.75, 3.05) is 24.2 Å². The van der Waals surface area contributed by atoms with Gasteiger partial charge >= 0.3 is 0 Å². The Balaban J connectivity index is 1.69. The smallest absolute Gasteiger partial charge is 0.206 e. The van der Waals surface area contributed by atoms with Crippen molar-refractivity contribution in [3.8, 4) is 11.8 Å². The van der Waals surface area contributed by atoms with Crippen LogP contribution in [0, 0.1) is 11.3 Å². The van der Waals surface area contributed by atoms with Crippen molar-refractivity contribution in [1.29, 1.82) is 5.26 Å². The molecule has 1 N–H and O–H groups in total. The summed E-state index contributed by atoms with van der Waals surface area (Å²) in [6.45, 7) is 3.62. The number of nitriles is 1. The standard InChI is InChI=1S/C14H16N4OS2/c1-2-7-16-13-17-18-14(21-13)20-9-8-19-12-5-3-11(10-15)4-6-12/h3-6H,2,7-9H2,1H3,(H,16,17). The molecule has 0 radical (unpaired) electrons. The number of hydrogen-bond acceptors (Lipinski definition) is 7. The molecule has 1 heterocycles. The molecular weight excluding hydrogens is 304 g/mol. The van der Waals surface area contributed by atoms with E-state index in [1.54, 1.807) is 47.4 Å². The molecule has 0 spiro atoms. The first kappa shape index (κ1) is 15.6. The van der Waals surface area contributed by atoms with E-state index in [1.807, 2.05) is 0 Å². The summed E-state index contributed by atoms with van der Waals surface area (Å²) < 4.78 is 6.55. The van der Waals surface area contributed by atoms with Gasteiger partial charge in [0.1, 0.15) is 5.75 Å². The second kappa shape index (κ2) is 8.49. The number of thioether (sulfide) groups is 1. The van der Waals surface area contributed by atoms with Gasteiger partial charge in [-0.1, -0.05) is 30.0 Å². The fraction of sp³-hybridized carbons (Fsp3) is 0.357. The van der Waals surface area contributed by atoms with Crippen molar-refractivity contribution in [2.45, 2.75) is 17.7 Å². The van der Waals surface area contributed by atoms with E-state index in [2.05, 4.69) is 28.5 Å². The molecule has 0 unspecified atom stereocenters. The molecule has 0 atom stereocenters. The van der Waals surface area contributed by atoms with E-state index in [1.165, 1.54) is 0 Å². The number of benzene rings is 1. The highest BCUT2D eigenvalue weighted by molar-refractivity contribution is 8.01. The molecule has 7 heteroatoms. The molecule has 110 valence electrons. The van der Waals surface area contributed by atoms with Crippen LogP contribution in [0.2, 0.25) is 0 Å². The van der Waals surface area contributed by atoms with Crippen LogP contribution in [0.25, 0.3) is 0 Å². The Morgan fingerprint density at radius 3 is 2.86 bits per heavy atom. The van der Waals surface area contributed by atoms with Crippen LogP contribution in [-0.4, -0.2) is 29.1 Å². The molecule has 0 saturated carbocycles. The van der Waals surface area contributed by atoms with E-state index in [4.69, 9.17) is 10.00 Å². The molecule has 0 bridgehead atoms. The number of nitrogens with one attached hydrogen (secondary N) is 1. The second-order valence-corrected chi connectivity index (χ2v) is 6.45. The first-order chi connectivity index (χ1) is 10.3. The van der Waals surface area contributed by atoms with Crippen molar-refractivity contribution >= 4 is 28.2 Å². The van der Waals surface area contributed by atoms with Crippen LogP contribution in [0.15, 0.2) is 28.6 Å². The normalized spacial score (nSPS) is 10.1. The van der Waals surface area contributed by atoms with Crippen LogP contribution in [0.3, 0.4) is 0 Å². The number of hydrogen-bond donors (Lipinski definition) is 1. The van der Waals surface area contributed by atoms with Gasteiger partial charge in [-0.2, -0.15) is 5.26 Å². The highest BCUT2D eigenvalue weighted by Crippen LogP contribution is 2.25. The van der Waals surface area contributed by atoms with E-state index >= 15 is 0 Å². The first-order valence-corrected chi connectivity index (χ1v) is 8.45. The Morgan fingerprint density at radius 1 is 1.33 bits per heavy atom. The van der Waals surface area contributed by atoms with E-state index < -0.39 is 0 Å². The van der Waals surface area contributed by atoms with E-state index in [0.717, 1.165) is 33.9 Å². The lowest BCUT2D eigenvalue weighted by molar-refractivity contribution is 0.344. The van der Waals surface area contributed by atoms with Gasteiger partial charge in [0.05, 0.1) is 18.2 Å². The molecule has 5 nitrogen and oxygen atoms in total. The van der Waals surface area contributed by atoms with Crippen molar-refractivity contribution < 1.29 is 4.74 Å². The average Bonchev–Trinajstić information content (AvgIpc) is 2.98. The van der Waals surface area contributed by atoms with Gasteiger partial charge in [-0.3, -0.25) is 0 Å². The van der Waals surface area contributed by atoms with Crippen molar-refractivity contribution in [2.24, 2.45) is 0 Å². The minimum Gasteiger partial charge on any atom is -0.493 e. The maximum Gasteiger partial charge on any atom is 0.206 e. The maximum atomic E-state index is 8.71. The minimum atomic E-state index is 0.591. The monoisotopic (exact) mass is 320 g/mol. The molecule has 0 aliphatic carbocycles.